The third-order valence-corrected chi connectivity index (χ3v) is 6.01. The lowest BCUT2D eigenvalue weighted by Gasteiger charge is -2.34. The Morgan fingerprint density at radius 2 is 2.04 bits per heavy atom. The number of allylic oxidation sites excluding steroid dienone is 2. The quantitative estimate of drug-likeness (QED) is 0.456. The van der Waals surface area contributed by atoms with Crippen LogP contribution in [0.15, 0.2) is 17.7 Å². The Morgan fingerprint density at radius 1 is 1.25 bits per heavy atom. The van der Waals surface area contributed by atoms with Gasteiger partial charge in [-0.2, -0.15) is 5.21 Å². The largest absolute Gasteiger partial charge is 0.507 e. The number of nitrogens with one attached hydrogen (secondary N) is 1. The fourth-order valence-corrected chi connectivity index (χ4v) is 4.46. The Kier molecular flexibility index (Phi) is 6.37. The van der Waals surface area contributed by atoms with Gasteiger partial charge in [0.05, 0.1) is 5.56 Å². The molecule has 1 aliphatic rings. The number of H-pyrrole nitrogens is 1. The van der Waals surface area contributed by atoms with Crippen molar-refractivity contribution in [1.29, 1.82) is 0 Å². The molecule has 0 unspecified atom stereocenters. The van der Waals surface area contributed by atoms with Gasteiger partial charge < -0.3 is 10.2 Å². The van der Waals surface area contributed by atoms with Gasteiger partial charge in [0, 0.05) is 11.5 Å². The number of aromatic amines is 1. The minimum Gasteiger partial charge on any atom is -0.507 e. The molecular formula is C22H32N4O2. The molecule has 0 bridgehead atoms. The van der Waals surface area contributed by atoms with Crippen LogP contribution < -0.4 is 0 Å². The third kappa shape index (κ3) is 4.05. The minimum atomic E-state index is -0.0240. The molecule has 0 saturated heterocycles. The first kappa shape index (κ1) is 20.4. The summed E-state index contributed by atoms with van der Waals surface area (Å²) in [6.07, 6.45) is 8.26. The molecular weight excluding hydrogens is 352 g/mol. The highest BCUT2D eigenvalue weighted by Gasteiger charge is 2.33. The molecule has 1 aliphatic carbocycles. The first-order chi connectivity index (χ1) is 13.4. The van der Waals surface area contributed by atoms with E-state index >= 15 is 0 Å². The molecule has 1 aromatic heterocycles. The van der Waals surface area contributed by atoms with E-state index in [1.807, 2.05) is 0 Å². The number of phenolic OH excluding ortho intramolecular Hbond substituents is 2. The van der Waals surface area contributed by atoms with E-state index in [4.69, 9.17) is 0 Å². The van der Waals surface area contributed by atoms with Gasteiger partial charge in [-0.25, -0.2) is 0 Å². The highest BCUT2D eigenvalue weighted by atomic mass is 16.3. The topological polar surface area (TPSA) is 94.9 Å². The minimum absolute atomic E-state index is 0.0240. The zero-order valence-corrected chi connectivity index (χ0v) is 17.4. The number of unbranched alkanes of at least 4 members (excludes halogenated alkanes) is 2. The van der Waals surface area contributed by atoms with Crippen LogP contribution in [0.4, 0.5) is 0 Å². The molecule has 3 rings (SSSR count). The van der Waals surface area contributed by atoms with E-state index < -0.39 is 0 Å². The second-order valence-electron chi connectivity index (χ2n) is 8.37. The molecule has 0 saturated carbocycles. The Morgan fingerprint density at radius 3 is 2.68 bits per heavy atom. The SMILES string of the molecule is CCCCCc1cc(O)c([C@@H]2C=C(C)CC[C@H]2C(C)C)c(O)c1-c1nn[nH]n1. The number of tetrazole rings is 1. The average molecular weight is 385 g/mol. The molecule has 2 atom stereocenters. The molecule has 6 heteroatoms. The van der Waals surface area contributed by atoms with Crippen molar-refractivity contribution in [3.63, 3.8) is 0 Å². The smallest absolute Gasteiger partial charge is 0.208 e. The van der Waals surface area contributed by atoms with E-state index in [0.29, 0.717) is 28.8 Å². The summed E-state index contributed by atoms with van der Waals surface area (Å²) in [5.41, 5.74) is 3.36. The van der Waals surface area contributed by atoms with Crippen LogP contribution in [0.5, 0.6) is 11.5 Å². The van der Waals surface area contributed by atoms with Crippen LogP contribution in [0, 0.1) is 11.8 Å². The summed E-state index contributed by atoms with van der Waals surface area (Å²) in [6.45, 7) is 8.69. The summed E-state index contributed by atoms with van der Waals surface area (Å²) in [5, 5.41) is 36.6. The summed E-state index contributed by atoms with van der Waals surface area (Å²) in [7, 11) is 0. The lowest BCUT2D eigenvalue weighted by Crippen LogP contribution is -2.21. The second kappa shape index (κ2) is 8.76. The molecule has 1 aromatic carbocycles. The highest BCUT2D eigenvalue weighted by molar-refractivity contribution is 5.73. The number of hydrogen-bond donors (Lipinski definition) is 3. The van der Waals surface area contributed by atoms with Gasteiger partial charge in [-0.3, -0.25) is 0 Å². The molecule has 0 amide bonds. The summed E-state index contributed by atoms with van der Waals surface area (Å²) in [4.78, 5) is 0. The maximum atomic E-state index is 11.3. The standard InChI is InChI=1S/C22H32N4O2/c1-5-6-7-8-15-12-18(27)20(21(28)19(15)22-23-25-26-24-22)17-11-14(4)9-10-16(17)13(2)3/h11-13,16-17,27-28H,5-10H2,1-4H3,(H,23,24,25,26)/t16-,17+/m0/s1. The maximum absolute atomic E-state index is 11.3. The lowest BCUT2D eigenvalue weighted by atomic mass is 9.71. The van der Waals surface area contributed by atoms with Crippen molar-refractivity contribution in [2.45, 2.75) is 72.1 Å². The number of rotatable bonds is 7. The number of nitrogens with zero attached hydrogens (tertiary/aromatic N) is 3. The number of aryl methyl sites for hydroxylation is 1. The molecule has 152 valence electrons. The molecule has 0 fully saturated rings. The maximum Gasteiger partial charge on any atom is 0.208 e. The number of aromatic hydroxyl groups is 2. The van der Waals surface area contributed by atoms with E-state index in [1.165, 1.54) is 5.57 Å². The van der Waals surface area contributed by atoms with E-state index in [1.54, 1.807) is 6.07 Å². The Bertz CT molecular complexity index is 828. The normalized spacial score (nSPS) is 19.8. The van der Waals surface area contributed by atoms with Crippen molar-refractivity contribution in [3.8, 4) is 22.9 Å². The summed E-state index contributed by atoms with van der Waals surface area (Å²) in [5.74, 6) is 1.43. The molecule has 0 aliphatic heterocycles. The third-order valence-electron chi connectivity index (χ3n) is 6.01. The van der Waals surface area contributed by atoms with Crippen molar-refractivity contribution in [1.82, 2.24) is 20.6 Å². The van der Waals surface area contributed by atoms with Gasteiger partial charge in [0.25, 0.3) is 0 Å². The van der Waals surface area contributed by atoms with Gasteiger partial charge in [0.15, 0.2) is 0 Å². The van der Waals surface area contributed by atoms with Gasteiger partial charge in [-0.15, -0.1) is 10.2 Å². The zero-order chi connectivity index (χ0) is 20.3. The van der Waals surface area contributed by atoms with Gasteiger partial charge in [0.1, 0.15) is 11.5 Å². The van der Waals surface area contributed by atoms with Gasteiger partial charge in [-0.05, 0) is 61.3 Å². The number of hydrogen-bond acceptors (Lipinski definition) is 5. The van der Waals surface area contributed by atoms with E-state index in [0.717, 1.165) is 44.1 Å². The second-order valence-corrected chi connectivity index (χ2v) is 8.37. The fraction of sp³-hybridized carbons (Fsp3) is 0.591. The van der Waals surface area contributed by atoms with Crippen LogP contribution in [0.1, 0.15) is 76.8 Å². The van der Waals surface area contributed by atoms with Crippen LogP contribution >= 0.6 is 0 Å². The van der Waals surface area contributed by atoms with Crippen molar-refractivity contribution < 1.29 is 10.2 Å². The molecule has 1 heterocycles. The van der Waals surface area contributed by atoms with E-state index in [9.17, 15) is 10.2 Å². The van der Waals surface area contributed by atoms with Gasteiger partial charge >= 0.3 is 0 Å². The van der Waals surface area contributed by atoms with Crippen LogP contribution in [0.25, 0.3) is 11.4 Å². The molecule has 28 heavy (non-hydrogen) atoms. The van der Waals surface area contributed by atoms with Crippen LogP contribution in [-0.2, 0) is 6.42 Å². The molecule has 3 N–H and O–H groups in total. The first-order valence-corrected chi connectivity index (χ1v) is 10.4. The van der Waals surface area contributed by atoms with E-state index in [-0.39, 0.29) is 17.4 Å². The van der Waals surface area contributed by atoms with E-state index in [2.05, 4.69) is 54.4 Å². The molecule has 0 spiro atoms. The highest BCUT2D eigenvalue weighted by Crippen LogP contribution is 2.50. The fourth-order valence-electron chi connectivity index (χ4n) is 4.46. The van der Waals surface area contributed by atoms with Crippen LogP contribution in [0.2, 0.25) is 0 Å². The summed E-state index contributed by atoms with van der Waals surface area (Å²) in [6, 6.07) is 1.80. The Hall–Kier alpha value is -2.37. The number of phenols is 2. The van der Waals surface area contributed by atoms with Crippen molar-refractivity contribution in [3.05, 3.63) is 28.8 Å². The van der Waals surface area contributed by atoms with Crippen molar-refractivity contribution >= 4 is 0 Å². The van der Waals surface area contributed by atoms with Crippen LogP contribution in [0.3, 0.4) is 0 Å². The summed E-state index contributed by atoms with van der Waals surface area (Å²) < 4.78 is 0. The Balaban J connectivity index is 2.14. The zero-order valence-electron chi connectivity index (χ0n) is 17.4. The number of aromatic nitrogens is 4. The van der Waals surface area contributed by atoms with Crippen LogP contribution in [-0.4, -0.2) is 30.8 Å². The molecule has 2 aromatic rings. The van der Waals surface area contributed by atoms with Gasteiger partial charge in [0.2, 0.25) is 5.82 Å². The predicted octanol–water partition coefficient (Wildman–Crippen LogP) is 5.11. The average Bonchev–Trinajstić information content (AvgIpc) is 3.15. The lowest BCUT2D eigenvalue weighted by molar-refractivity contribution is 0.304. The monoisotopic (exact) mass is 384 g/mol. The first-order valence-electron chi connectivity index (χ1n) is 10.4. The molecule has 6 nitrogen and oxygen atoms in total. The Labute approximate surface area is 167 Å². The number of benzene rings is 1. The molecule has 0 radical (unpaired) electrons. The summed E-state index contributed by atoms with van der Waals surface area (Å²) >= 11 is 0. The van der Waals surface area contributed by atoms with Gasteiger partial charge in [-0.1, -0.05) is 45.3 Å². The van der Waals surface area contributed by atoms with Crippen molar-refractivity contribution in [2.24, 2.45) is 11.8 Å². The van der Waals surface area contributed by atoms with Crippen molar-refractivity contribution in [2.75, 3.05) is 0 Å². The predicted molar refractivity (Wildman–Crippen MR) is 110 cm³/mol.